The summed E-state index contributed by atoms with van der Waals surface area (Å²) in [6.07, 6.45) is 0. The van der Waals surface area contributed by atoms with Gasteiger partial charge in [-0.25, -0.2) is 0 Å². The largest absolute Gasteiger partial charge is 0.309 e. The van der Waals surface area contributed by atoms with E-state index in [4.69, 9.17) is 0 Å². The zero-order valence-electron chi connectivity index (χ0n) is 26.2. The topological polar surface area (TPSA) is 14.8 Å². The summed E-state index contributed by atoms with van der Waals surface area (Å²) in [7, 11) is 0. The van der Waals surface area contributed by atoms with Crippen molar-refractivity contribution in [3.63, 3.8) is 0 Å². The van der Waals surface area contributed by atoms with Gasteiger partial charge in [0.25, 0.3) is 0 Å². The lowest BCUT2D eigenvalue weighted by Gasteiger charge is -2.10. The number of nitrogens with zero attached hydrogens (tertiary/aromatic N) is 3. The monoisotopic (exact) mass is 661 g/mol. The molecule has 0 aliphatic heterocycles. The number of thiophene rings is 2. The molecule has 0 saturated carbocycles. The van der Waals surface area contributed by atoms with Crippen LogP contribution in [0.3, 0.4) is 0 Å². The third kappa shape index (κ3) is 3.88. The molecule has 6 aromatic carbocycles. The fraction of sp³-hybridized carbons (Fsp3) is 0. The quantitative estimate of drug-likeness (QED) is 0.178. The molecule has 11 aromatic rings. The molecule has 0 aliphatic rings. The molecule has 0 aliphatic carbocycles. The highest BCUT2D eigenvalue weighted by atomic mass is 32.1. The second kappa shape index (κ2) is 10.3. The van der Waals surface area contributed by atoms with Crippen molar-refractivity contribution in [1.29, 1.82) is 0 Å². The van der Waals surface area contributed by atoms with E-state index in [0.717, 1.165) is 0 Å². The summed E-state index contributed by atoms with van der Waals surface area (Å²) in [4.78, 5) is 1.28. The van der Waals surface area contributed by atoms with Gasteiger partial charge in [0.05, 0.1) is 42.5 Å². The summed E-state index contributed by atoms with van der Waals surface area (Å²) in [5, 5.41) is 7.31. The van der Waals surface area contributed by atoms with Gasteiger partial charge in [0.15, 0.2) is 0 Å². The number of benzene rings is 6. The van der Waals surface area contributed by atoms with E-state index in [1.54, 1.807) is 0 Å². The Hall–Kier alpha value is -5.88. The maximum absolute atomic E-state index is 2.47. The predicted octanol–water partition coefficient (Wildman–Crippen LogP) is 12.8. The van der Waals surface area contributed by atoms with Crippen LogP contribution >= 0.6 is 22.7 Å². The first kappa shape index (κ1) is 27.1. The molecule has 0 amide bonds. The smallest absolute Gasteiger partial charge is 0.0711 e. The lowest BCUT2D eigenvalue weighted by atomic mass is 10.1. The summed E-state index contributed by atoms with van der Waals surface area (Å²) >= 11 is 3.73. The van der Waals surface area contributed by atoms with Crippen LogP contribution in [0.4, 0.5) is 0 Å². The number of hydrogen-bond acceptors (Lipinski definition) is 2. The molecule has 0 saturated heterocycles. The fourth-order valence-corrected chi connectivity index (χ4v) is 10.0. The highest BCUT2D eigenvalue weighted by Crippen LogP contribution is 2.45. The zero-order valence-corrected chi connectivity index (χ0v) is 27.9. The second-order valence-corrected chi connectivity index (χ2v) is 14.6. The van der Waals surface area contributed by atoms with Crippen LogP contribution in [0.2, 0.25) is 0 Å². The van der Waals surface area contributed by atoms with E-state index in [9.17, 15) is 0 Å². The van der Waals surface area contributed by atoms with Gasteiger partial charge in [-0.3, -0.25) is 0 Å². The molecule has 0 spiro atoms. The van der Waals surface area contributed by atoms with E-state index in [-0.39, 0.29) is 0 Å². The summed E-state index contributed by atoms with van der Waals surface area (Å²) in [6.45, 7) is 0. The molecule has 5 heteroatoms. The minimum atomic E-state index is 1.17. The van der Waals surface area contributed by atoms with E-state index >= 15 is 0 Å². The number of fused-ring (bicyclic) bond motifs is 9. The van der Waals surface area contributed by atoms with E-state index in [1.807, 2.05) is 22.7 Å². The average Bonchev–Trinajstić information content (AvgIpc) is 3.97. The van der Waals surface area contributed by atoms with Crippen LogP contribution in [-0.2, 0) is 0 Å². The molecule has 49 heavy (non-hydrogen) atoms. The SMILES string of the molecule is c1ccc(-n2c3ccccc3c3ccc(-c4cc5c(s4)c4sccc4n5-c4ccc5c6ccccc6n(-c6ccccc6)c5c4)cc32)cc1. The van der Waals surface area contributed by atoms with Crippen LogP contribution < -0.4 is 0 Å². The average molecular weight is 662 g/mol. The molecular formula is C44H27N3S2. The first-order valence-electron chi connectivity index (χ1n) is 16.5. The highest BCUT2D eigenvalue weighted by Gasteiger charge is 2.20. The van der Waals surface area contributed by atoms with Crippen molar-refractivity contribution in [2.24, 2.45) is 0 Å². The zero-order chi connectivity index (χ0) is 32.1. The predicted molar refractivity (Wildman–Crippen MR) is 211 cm³/mol. The van der Waals surface area contributed by atoms with Crippen molar-refractivity contribution in [1.82, 2.24) is 13.7 Å². The van der Waals surface area contributed by atoms with Gasteiger partial charge in [-0.15, -0.1) is 22.7 Å². The Morgan fingerprint density at radius 3 is 1.57 bits per heavy atom. The molecule has 0 radical (unpaired) electrons. The van der Waals surface area contributed by atoms with Gasteiger partial charge in [0, 0.05) is 43.5 Å². The van der Waals surface area contributed by atoms with Crippen LogP contribution in [-0.4, -0.2) is 13.7 Å². The van der Waals surface area contributed by atoms with Crippen LogP contribution in [0.5, 0.6) is 0 Å². The Balaban J connectivity index is 1.13. The highest BCUT2D eigenvalue weighted by molar-refractivity contribution is 7.28. The molecule has 5 heterocycles. The normalized spacial score (nSPS) is 12.1. The first-order valence-corrected chi connectivity index (χ1v) is 18.2. The number of rotatable bonds is 4. The van der Waals surface area contributed by atoms with E-state index in [1.165, 1.54) is 91.5 Å². The Bertz CT molecular complexity index is 3040. The Kier molecular flexibility index (Phi) is 5.70. The van der Waals surface area contributed by atoms with Gasteiger partial charge >= 0.3 is 0 Å². The Morgan fingerprint density at radius 1 is 0.347 bits per heavy atom. The van der Waals surface area contributed by atoms with Crippen LogP contribution in [0.1, 0.15) is 0 Å². The van der Waals surface area contributed by atoms with E-state index < -0.39 is 0 Å². The van der Waals surface area contributed by atoms with Crippen molar-refractivity contribution in [3.05, 3.63) is 163 Å². The summed E-state index contributed by atoms with van der Waals surface area (Å²) < 4.78 is 9.95. The summed E-state index contributed by atoms with van der Waals surface area (Å²) in [5.41, 5.74) is 12.2. The van der Waals surface area contributed by atoms with E-state index in [0.29, 0.717) is 0 Å². The van der Waals surface area contributed by atoms with Crippen LogP contribution in [0.25, 0.3) is 91.5 Å². The molecule has 5 aromatic heterocycles. The third-order valence-corrected chi connectivity index (χ3v) is 12.2. The lowest BCUT2D eigenvalue weighted by molar-refractivity contribution is 1.16. The maximum atomic E-state index is 2.47. The molecule has 0 fully saturated rings. The molecule has 0 N–H and O–H groups in total. The lowest BCUT2D eigenvalue weighted by Crippen LogP contribution is -1.96. The molecule has 0 bridgehead atoms. The molecule has 0 unspecified atom stereocenters. The van der Waals surface area contributed by atoms with Gasteiger partial charge in [0.2, 0.25) is 0 Å². The summed E-state index contributed by atoms with van der Waals surface area (Å²) in [6, 6.07) is 57.5. The van der Waals surface area contributed by atoms with Crippen LogP contribution in [0, 0.1) is 0 Å². The van der Waals surface area contributed by atoms with Crippen molar-refractivity contribution in [2.75, 3.05) is 0 Å². The van der Waals surface area contributed by atoms with Gasteiger partial charge in [-0.1, -0.05) is 91.0 Å². The molecule has 11 rings (SSSR count). The molecule has 3 nitrogen and oxygen atoms in total. The molecule has 0 atom stereocenters. The van der Waals surface area contributed by atoms with Crippen molar-refractivity contribution >= 4 is 86.7 Å². The van der Waals surface area contributed by atoms with Crippen molar-refractivity contribution in [2.45, 2.75) is 0 Å². The minimum Gasteiger partial charge on any atom is -0.309 e. The Morgan fingerprint density at radius 2 is 0.898 bits per heavy atom. The maximum Gasteiger partial charge on any atom is 0.0711 e. The molecular weight excluding hydrogens is 635 g/mol. The van der Waals surface area contributed by atoms with Gasteiger partial charge in [-0.2, -0.15) is 0 Å². The number of aromatic nitrogens is 3. The first-order chi connectivity index (χ1) is 24.3. The van der Waals surface area contributed by atoms with Gasteiger partial charge in [0.1, 0.15) is 0 Å². The second-order valence-electron chi connectivity index (χ2n) is 12.6. The van der Waals surface area contributed by atoms with Gasteiger partial charge < -0.3 is 13.7 Å². The minimum absolute atomic E-state index is 1.17. The van der Waals surface area contributed by atoms with E-state index in [2.05, 4.69) is 177 Å². The molecule has 230 valence electrons. The number of para-hydroxylation sites is 4. The third-order valence-electron chi connectivity index (χ3n) is 9.95. The van der Waals surface area contributed by atoms with Crippen molar-refractivity contribution < 1.29 is 0 Å². The van der Waals surface area contributed by atoms with Crippen LogP contribution in [0.15, 0.2) is 163 Å². The number of hydrogen-bond donors (Lipinski definition) is 0. The fourth-order valence-electron chi connectivity index (χ4n) is 7.84. The van der Waals surface area contributed by atoms with Gasteiger partial charge in [-0.05, 0) is 77.7 Å². The van der Waals surface area contributed by atoms with Crippen molar-refractivity contribution in [3.8, 4) is 27.5 Å². The standard InChI is InChI=1S/C44H27N3S2/c1-3-11-29(12-4-1)45-36-17-9-7-15-32(36)34-21-19-28(25-39(34)45)42-27-41-44(49-42)43-38(23-24-48-43)47(41)31-20-22-35-33-16-8-10-18-37(33)46(40(35)26-31)30-13-5-2-6-14-30/h1-27H. The Labute approximate surface area is 289 Å². The summed E-state index contributed by atoms with van der Waals surface area (Å²) in [5.74, 6) is 0.